The Hall–Kier alpha value is -1.11. The molecule has 25 heavy (non-hydrogen) atoms. The summed E-state index contributed by atoms with van der Waals surface area (Å²) in [5.41, 5.74) is 0.753. The average Bonchev–Trinajstić information content (AvgIpc) is 3.00. The highest BCUT2D eigenvalue weighted by atomic mass is 35.5. The molecule has 0 N–H and O–H groups in total. The van der Waals surface area contributed by atoms with Crippen LogP contribution in [0.4, 0.5) is 0 Å². The summed E-state index contributed by atoms with van der Waals surface area (Å²) in [6.07, 6.45) is 5.10. The van der Waals surface area contributed by atoms with Gasteiger partial charge in [-0.15, -0.1) is 0 Å². The summed E-state index contributed by atoms with van der Waals surface area (Å²) >= 11 is 5.88. The molecule has 0 saturated carbocycles. The van der Waals surface area contributed by atoms with Gasteiger partial charge in [0, 0.05) is 37.1 Å². The smallest absolute Gasteiger partial charge is 0.222 e. The third kappa shape index (κ3) is 4.74. The Labute approximate surface area is 155 Å². The number of sulfonamides is 1. The van der Waals surface area contributed by atoms with Crippen LogP contribution in [0.3, 0.4) is 0 Å². The third-order valence-electron chi connectivity index (χ3n) is 5.10. The Morgan fingerprint density at radius 1 is 1.08 bits per heavy atom. The van der Waals surface area contributed by atoms with Crippen molar-refractivity contribution in [2.45, 2.75) is 50.3 Å². The van der Waals surface area contributed by atoms with Crippen molar-refractivity contribution >= 4 is 27.5 Å². The van der Waals surface area contributed by atoms with E-state index in [-0.39, 0.29) is 17.7 Å². The molecule has 0 radical (unpaired) electrons. The number of nitrogens with zero attached hydrogens (tertiary/aromatic N) is 2. The summed E-state index contributed by atoms with van der Waals surface area (Å²) in [5.74, 6) is 0.204. The van der Waals surface area contributed by atoms with Gasteiger partial charge in [0.1, 0.15) is 0 Å². The highest BCUT2D eigenvalue weighted by Crippen LogP contribution is 2.26. The van der Waals surface area contributed by atoms with Crippen molar-refractivity contribution in [3.8, 4) is 0 Å². The maximum absolute atomic E-state index is 12.9. The monoisotopic (exact) mass is 384 g/mol. The fraction of sp³-hybridized carbons (Fsp3) is 0.611. The van der Waals surface area contributed by atoms with Gasteiger partial charge >= 0.3 is 0 Å². The summed E-state index contributed by atoms with van der Waals surface area (Å²) in [4.78, 5) is 13.7. The Balaban J connectivity index is 1.66. The largest absolute Gasteiger partial charge is 0.343 e. The van der Waals surface area contributed by atoms with E-state index < -0.39 is 10.0 Å². The lowest BCUT2D eigenvalue weighted by molar-refractivity contribution is -0.127. The van der Waals surface area contributed by atoms with Gasteiger partial charge in [-0.2, -0.15) is 4.31 Å². The molecular weight excluding hydrogens is 360 g/mol. The van der Waals surface area contributed by atoms with Crippen LogP contribution in [0.2, 0.25) is 5.02 Å². The fourth-order valence-electron chi connectivity index (χ4n) is 3.75. The molecule has 1 atom stereocenters. The van der Waals surface area contributed by atoms with E-state index in [1.165, 1.54) is 0 Å². The van der Waals surface area contributed by atoms with Crippen molar-refractivity contribution in [1.82, 2.24) is 9.21 Å². The van der Waals surface area contributed by atoms with Gasteiger partial charge in [-0.05, 0) is 43.4 Å². The molecule has 0 aromatic heterocycles. The number of halogens is 1. The van der Waals surface area contributed by atoms with Crippen LogP contribution < -0.4 is 0 Å². The molecule has 2 heterocycles. The van der Waals surface area contributed by atoms with Crippen molar-refractivity contribution in [2.75, 3.05) is 19.6 Å². The Bertz CT molecular complexity index is 706. The standard InChI is InChI=1S/C18H25ClN2O3S/c19-16-8-6-15(7-9-16)14-25(23,24)21-12-2-1-4-17(21)10-13-20-11-3-5-18(20)22/h6-9,17H,1-5,10-14H2/t17-/m1/s1. The Kier molecular flexibility index (Phi) is 6.02. The minimum atomic E-state index is -3.37. The van der Waals surface area contributed by atoms with E-state index in [2.05, 4.69) is 0 Å². The van der Waals surface area contributed by atoms with Gasteiger partial charge < -0.3 is 4.90 Å². The summed E-state index contributed by atoms with van der Waals surface area (Å²) in [6, 6.07) is 6.97. The normalized spacial score (nSPS) is 22.5. The van der Waals surface area contributed by atoms with Crippen LogP contribution in [-0.4, -0.2) is 49.2 Å². The predicted molar refractivity (Wildman–Crippen MR) is 98.9 cm³/mol. The first-order valence-electron chi connectivity index (χ1n) is 8.97. The van der Waals surface area contributed by atoms with Crippen LogP contribution in [0.1, 0.15) is 44.1 Å². The second-order valence-electron chi connectivity index (χ2n) is 6.92. The van der Waals surface area contributed by atoms with Crippen molar-refractivity contribution in [3.63, 3.8) is 0 Å². The van der Waals surface area contributed by atoms with Crippen LogP contribution in [0.15, 0.2) is 24.3 Å². The molecule has 138 valence electrons. The lowest BCUT2D eigenvalue weighted by atomic mass is 10.0. The SMILES string of the molecule is O=C1CCCN1CC[C@H]1CCCCN1S(=O)(=O)Cc1ccc(Cl)cc1. The number of carbonyl (C=O) groups excluding carboxylic acids is 1. The molecule has 0 unspecified atom stereocenters. The van der Waals surface area contributed by atoms with Crippen molar-refractivity contribution in [3.05, 3.63) is 34.9 Å². The quantitative estimate of drug-likeness (QED) is 0.757. The zero-order valence-corrected chi connectivity index (χ0v) is 15.9. The number of amides is 1. The zero-order valence-electron chi connectivity index (χ0n) is 14.4. The number of piperidine rings is 1. The average molecular weight is 385 g/mol. The Morgan fingerprint density at radius 3 is 2.52 bits per heavy atom. The van der Waals surface area contributed by atoms with Gasteiger partial charge in [-0.25, -0.2) is 8.42 Å². The number of hydrogen-bond acceptors (Lipinski definition) is 3. The first kappa shape index (κ1) is 18.7. The predicted octanol–water partition coefficient (Wildman–Crippen LogP) is 3.04. The summed E-state index contributed by atoms with van der Waals surface area (Å²) in [7, 11) is -3.37. The van der Waals surface area contributed by atoms with Gasteiger partial charge in [0.15, 0.2) is 0 Å². The third-order valence-corrected chi connectivity index (χ3v) is 7.24. The molecule has 1 aromatic rings. The van der Waals surface area contributed by atoms with E-state index in [1.54, 1.807) is 28.6 Å². The van der Waals surface area contributed by atoms with E-state index in [1.807, 2.05) is 4.90 Å². The molecule has 7 heteroatoms. The maximum Gasteiger partial charge on any atom is 0.222 e. The number of carbonyl (C=O) groups is 1. The minimum Gasteiger partial charge on any atom is -0.343 e. The number of benzene rings is 1. The van der Waals surface area contributed by atoms with Crippen LogP contribution in [-0.2, 0) is 20.6 Å². The summed E-state index contributed by atoms with van der Waals surface area (Å²) < 4.78 is 27.5. The van der Waals surface area contributed by atoms with Gasteiger partial charge in [0.2, 0.25) is 15.9 Å². The second-order valence-corrected chi connectivity index (χ2v) is 9.27. The molecule has 3 rings (SSSR count). The molecule has 0 spiro atoms. The number of hydrogen-bond donors (Lipinski definition) is 0. The van der Waals surface area contributed by atoms with E-state index in [9.17, 15) is 13.2 Å². The van der Waals surface area contributed by atoms with Gasteiger partial charge in [-0.3, -0.25) is 4.79 Å². The van der Waals surface area contributed by atoms with Gasteiger partial charge in [-0.1, -0.05) is 30.2 Å². The number of rotatable bonds is 6. The van der Waals surface area contributed by atoms with Crippen LogP contribution in [0.5, 0.6) is 0 Å². The van der Waals surface area contributed by atoms with Crippen molar-refractivity contribution in [1.29, 1.82) is 0 Å². The maximum atomic E-state index is 12.9. The molecular formula is C18H25ClN2O3S. The molecule has 5 nitrogen and oxygen atoms in total. The molecule has 0 bridgehead atoms. The molecule has 2 fully saturated rings. The van der Waals surface area contributed by atoms with Gasteiger partial charge in [0.05, 0.1) is 5.75 Å². The highest BCUT2D eigenvalue weighted by Gasteiger charge is 2.33. The van der Waals surface area contributed by atoms with Crippen molar-refractivity contribution in [2.24, 2.45) is 0 Å². The number of likely N-dealkylation sites (tertiary alicyclic amines) is 1. The lowest BCUT2D eigenvalue weighted by Gasteiger charge is -2.35. The first-order chi connectivity index (χ1) is 12.0. The molecule has 2 aliphatic rings. The van der Waals surface area contributed by atoms with Crippen LogP contribution in [0.25, 0.3) is 0 Å². The van der Waals surface area contributed by atoms with E-state index in [4.69, 9.17) is 11.6 Å². The minimum absolute atomic E-state index is 0.000509. The molecule has 2 aliphatic heterocycles. The topological polar surface area (TPSA) is 57.7 Å². The van der Waals surface area contributed by atoms with E-state index in [0.29, 0.717) is 24.5 Å². The second kappa shape index (κ2) is 8.06. The van der Waals surface area contributed by atoms with Crippen LogP contribution >= 0.6 is 11.6 Å². The van der Waals surface area contributed by atoms with Crippen molar-refractivity contribution < 1.29 is 13.2 Å². The van der Waals surface area contributed by atoms with Gasteiger partial charge in [0.25, 0.3) is 0 Å². The lowest BCUT2D eigenvalue weighted by Crippen LogP contribution is -2.45. The molecule has 1 aromatic carbocycles. The molecule has 2 saturated heterocycles. The first-order valence-corrected chi connectivity index (χ1v) is 11.0. The van der Waals surface area contributed by atoms with Crippen LogP contribution in [0, 0.1) is 0 Å². The zero-order chi connectivity index (χ0) is 17.9. The molecule has 0 aliphatic carbocycles. The fourth-order valence-corrected chi connectivity index (χ4v) is 5.73. The Morgan fingerprint density at radius 2 is 1.84 bits per heavy atom. The summed E-state index contributed by atoms with van der Waals surface area (Å²) in [5, 5.41) is 0.604. The van der Waals surface area contributed by atoms with E-state index in [0.717, 1.165) is 44.2 Å². The molecule has 1 amide bonds. The summed E-state index contributed by atoms with van der Waals surface area (Å²) in [6.45, 7) is 2.05. The highest BCUT2D eigenvalue weighted by molar-refractivity contribution is 7.88. The van der Waals surface area contributed by atoms with E-state index >= 15 is 0 Å².